The van der Waals surface area contributed by atoms with Gasteiger partial charge in [0, 0.05) is 14.1 Å². The molecule has 0 radical (unpaired) electrons. The van der Waals surface area contributed by atoms with Crippen LogP contribution in [0.15, 0.2) is 65.6 Å². The Morgan fingerprint density at radius 1 is 0.938 bits per heavy atom. The smallest absolute Gasteiger partial charge is 0.231 e. The number of ketones is 1. The summed E-state index contributed by atoms with van der Waals surface area (Å²) in [6, 6.07) is 18.7. The third kappa shape index (κ3) is 3.69. The summed E-state index contributed by atoms with van der Waals surface area (Å²) >= 11 is 0. The Labute approximate surface area is 189 Å². The molecular formula is C26H26O5S. The van der Waals surface area contributed by atoms with E-state index in [0.717, 1.165) is 46.4 Å². The van der Waals surface area contributed by atoms with Crippen molar-refractivity contribution in [2.45, 2.75) is 36.5 Å². The monoisotopic (exact) mass is 450 g/mol. The van der Waals surface area contributed by atoms with Gasteiger partial charge in [-0.3, -0.25) is 4.79 Å². The molecule has 1 saturated carbocycles. The molecule has 0 amide bonds. The van der Waals surface area contributed by atoms with E-state index in [1.165, 1.54) is 6.26 Å². The highest BCUT2D eigenvalue weighted by molar-refractivity contribution is 7.90. The Morgan fingerprint density at radius 2 is 1.62 bits per heavy atom. The minimum Gasteiger partial charge on any atom is -0.454 e. The van der Waals surface area contributed by atoms with Crippen LogP contribution in [0.1, 0.15) is 31.0 Å². The SMILES string of the molecule is Cc1ccc(-c2ccc(S(C)(=O)=O)cc2)cc1CC(=O)C1(c2ccc3c(c2)OCO3)CC1.[HH]. The van der Waals surface area contributed by atoms with Crippen LogP contribution in [-0.2, 0) is 26.5 Å². The lowest BCUT2D eigenvalue weighted by Gasteiger charge is -2.17. The van der Waals surface area contributed by atoms with Crippen LogP contribution in [0, 0.1) is 6.92 Å². The van der Waals surface area contributed by atoms with Crippen molar-refractivity contribution in [3.8, 4) is 22.6 Å². The average Bonchev–Trinajstić information content (AvgIpc) is 3.45. The minimum absolute atomic E-state index is 0. The fourth-order valence-electron chi connectivity index (χ4n) is 4.33. The molecule has 1 aliphatic carbocycles. The van der Waals surface area contributed by atoms with E-state index in [0.29, 0.717) is 17.1 Å². The zero-order valence-electron chi connectivity index (χ0n) is 18.1. The molecule has 3 aromatic carbocycles. The van der Waals surface area contributed by atoms with Crippen molar-refractivity contribution in [3.63, 3.8) is 0 Å². The number of carbonyl (C=O) groups is 1. The predicted octanol–water partition coefficient (Wildman–Crippen LogP) is 4.88. The number of fused-ring (bicyclic) bond motifs is 1. The topological polar surface area (TPSA) is 69.7 Å². The number of hydrogen-bond donors (Lipinski definition) is 0. The molecule has 0 spiro atoms. The van der Waals surface area contributed by atoms with Gasteiger partial charge in [-0.05, 0) is 71.8 Å². The van der Waals surface area contributed by atoms with Crippen LogP contribution in [-0.4, -0.2) is 27.2 Å². The van der Waals surface area contributed by atoms with Crippen LogP contribution in [0.2, 0.25) is 0 Å². The van der Waals surface area contributed by atoms with E-state index in [1.54, 1.807) is 12.1 Å². The Kier molecular flexibility index (Phi) is 4.86. The molecule has 166 valence electrons. The molecule has 1 aliphatic heterocycles. The van der Waals surface area contributed by atoms with Crippen molar-refractivity contribution in [2.24, 2.45) is 0 Å². The summed E-state index contributed by atoms with van der Waals surface area (Å²) in [7, 11) is -3.23. The van der Waals surface area contributed by atoms with Gasteiger partial charge in [-0.2, -0.15) is 0 Å². The summed E-state index contributed by atoms with van der Waals surface area (Å²) in [5, 5.41) is 0. The minimum atomic E-state index is -3.23. The summed E-state index contributed by atoms with van der Waals surface area (Å²) in [4.78, 5) is 13.7. The normalized spacial score (nSPS) is 16.1. The Morgan fingerprint density at radius 3 is 2.31 bits per heavy atom. The first-order chi connectivity index (χ1) is 15.3. The molecule has 6 heteroatoms. The number of sulfone groups is 1. The number of rotatable bonds is 6. The molecule has 5 nitrogen and oxygen atoms in total. The van der Waals surface area contributed by atoms with Crippen LogP contribution in [0.3, 0.4) is 0 Å². The maximum Gasteiger partial charge on any atom is 0.231 e. The first-order valence-electron chi connectivity index (χ1n) is 10.6. The third-order valence-corrected chi connectivity index (χ3v) is 7.65. The van der Waals surface area contributed by atoms with Crippen LogP contribution in [0.4, 0.5) is 0 Å². The van der Waals surface area contributed by atoms with E-state index in [4.69, 9.17) is 9.47 Å². The zero-order chi connectivity index (χ0) is 22.5. The van der Waals surface area contributed by atoms with Gasteiger partial charge in [0.1, 0.15) is 5.78 Å². The van der Waals surface area contributed by atoms with Crippen molar-refractivity contribution in [1.82, 2.24) is 0 Å². The second kappa shape index (κ2) is 7.48. The highest BCUT2D eigenvalue weighted by Crippen LogP contribution is 2.51. The summed E-state index contributed by atoms with van der Waals surface area (Å²) < 4.78 is 34.4. The molecule has 1 fully saturated rings. The summed E-state index contributed by atoms with van der Waals surface area (Å²) in [6.45, 7) is 2.23. The lowest BCUT2D eigenvalue weighted by molar-refractivity contribution is -0.120. The largest absolute Gasteiger partial charge is 0.454 e. The van der Waals surface area contributed by atoms with Crippen LogP contribution >= 0.6 is 0 Å². The lowest BCUT2D eigenvalue weighted by Crippen LogP contribution is -2.22. The number of Topliss-reactive ketones (excluding diaryl/α,β-unsaturated/α-hetero) is 1. The van der Waals surface area contributed by atoms with Gasteiger partial charge in [0.05, 0.1) is 10.3 Å². The van der Waals surface area contributed by atoms with Crippen LogP contribution in [0.25, 0.3) is 11.1 Å². The van der Waals surface area contributed by atoms with Crippen LogP contribution < -0.4 is 9.47 Å². The number of ether oxygens (including phenoxy) is 2. The molecule has 5 rings (SSSR count). The first-order valence-corrected chi connectivity index (χ1v) is 12.5. The molecule has 0 atom stereocenters. The fourth-order valence-corrected chi connectivity index (χ4v) is 4.96. The first kappa shape index (κ1) is 20.8. The van der Waals surface area contributed by atoms with Gasteiger partial charge in [0.2, 0.25) is 6.79 Å². The van der Waals surface area contributed by atoms with Crippen LogP contribution in [0.5, 0.6) is 11.5 Å². The van der Waals surface area contributed by atoms with Crippen molar-refractivity contribution >= 4 is 15.6 Å². The maximum atomic E-state index is 13.4. The molecule has 32 heavy (non-hydrogen) atoms. The van der Waals surface area contributed by atoms with Gasteiger partial charge in [0.25, 0.3) is 0 Å². The van der Waals surface area contributed by atoms with Gasteiger partial charge in [-0.15, -0.1) is 0 Å². The molecule has 0 N–H and O–H groups in total. The highest BCUT2D eigenvalue weighted by atomic mass is 32.2. The van der Waals surface area contributed by atoms with Gasteiger partial charge < -0.3 is 9.47 Å². The zero-order valence-corrected chi connectivity index (χ0v) is 18.9. The van der Waals surface area contributed by atoms with E-state index < -0.39 is 15.3 Å². The van der Waals surface area contributed by atoms with Crippen molar-refractivity contribution in [3.05, 3.63) is 77.4 Å². The molecule has 2 aliphatic rings. The van der Waals surface area contributed by atoms with Gasteiger partial charge in [0.15, 0.2) is 21.3 Å². The van der Waals surface area contributed by atoms with Gasteiger partial charge in [-0.1, -0.05) is 36.4 Å². The fraction of sp³-hybridized carbons (Fsp3) is 0.269. The average molecular weight is 451 g/mol. The molecule has 0 aromatic heterocycles. The molecular weight excluding hydrogens is 424 g/mol. The van der Waals surface area contributed by atoms with Gasteiger partial charge >= 0.3 is 0 Å². The number of hydrogen-bond acceptors (Lipinski definition) is 5. The summed E-state index contributed by atoms with van der Waals surface area (Å²) in [6.07, 6.45) is 3.25. The predicted molar refractivity (Wildman–Crippen MR) is 124 cm³/mol. The summed E-state index contributed by atoms with van der Waals surface area (Å²) in [5.41, 5.74) is 4.50. The Balaban J connectivity index is 0.00000259. The van der Waals surface area contributed by atoms with E-state index in [1.807, 2.05) is 55.5 Å². The van der Waals surface area contributed by atoms with Crippen molar-refractivity contribution in [2.75, 3.05) is 13.0 Å². The number of benzene rings is 3. The van der Waals surface area contributed by atoms with E-state index in [-0.39, 0.29) is 14.0 Å². The Hall–Kier alpha value is -3.12. The Bertz CT molecular complexity index is 1330. The molecule has 0 bridgehead atoms. The molecule has 0 saturated heterocycles. The summed E-state index contributed by atoms with van der Waals surface area (Å²) in [5.74, 6) is 1.64. The lowest BCUT2D eigenvalue weighted by atomic mass is 9.86. The van der Waals surface area contributed by atoms with E-state index in [9.17, 15) is 13.2 Å². The quantitative estimate of drug-likeness (QED) is 0.535. The number of carbonyl (C=O) groups excluding carboxylic acids is 1. The van der Waals surface area contributed by atoms with E-state index >= 15 is 0 Å². The third-order valence-electron chi connectivity index (χ3n) is 6.52. The second-order valence-electron chi connectivity index (χ2n) is 8.69. The standard InChI is InChI=1S/C26H24O5S.H2/c1-17-3-4-19(18-5-8-22(9-6-18)32(2,28)29)13-20(17)14-25(27)26(11-12-26)21-7-10-23-24(15-21)31-16-30-23;/h3-10,13,15H,11-12,14,16H2,1-2H3;1H. The number of aryl methyl sites for hydroxylation is 1. The van der Waals surface area contributed by atoms with Gasteiger partial charge in [-0.25, -0.2) is 8.42 Å². The maximum absolute atomic E-state index is 13.4. The highest BCUT2D eigenvalue weighted by Gasteiger charge is 2.50. The molecule has 3 aromatic rings. The molecule has 0 unspecified atom stereocenters. The molecule has 1 heterocycles. The van der Waals surface area contributed by atoms with E-state index in [2.05, 4.69) is 0 Å². The second-order valence-corrected chi connectivity index (χ2v) is 10.7. The van der Waals surface area contributed by atoms with Crippen molar-refractivity contribution < 1.29 is 24.1 Å². The van der Waals surface area contributed by atoms with Crippen molar-refractivity contribution in [1.29, 1.82) is 0 Å².